The van der Waals surface area contributed by atoms with Gasteiger partial charge in [0.1, 0.15) is 17.5 Å². The van der Waals surface area contributed by atoms with Crippen LogP contribution in [0.15, 0.2) is 66.7 Å². The zero-order valence-electron chi connectivity index (χ0n) is 21.6. The molecule has 1 amide bonds. The Balaban J connectivity index is 1.52. The van der Waals surface area contributed by atoms with Crippen molar-refractivity contribution < 1.29 is 29.0 Å². The van der Waals surface area contributed by atoms with Gasteiger partial charge >= 0.3 is 11.9 Å². The number of nitrogens with one attached hydrogen (secondary N) is 1. The van der Waals surface area contributed by atoms with Gasteiger partial charge in [0.2, 0.25) is 0 Å². The minimum atomic E-state index is -1.20. The average Bonchev–Trinajstić information content (AvgIpc) is 2.91. The van der Waals surface area contributed by atoms with E-state index in [9.17, 15) is 19.5 Å². The van der Waals surface area contributed by atoms with Crippen LogP contribution in [0, 0.1) is 0 Å². The SMILES string of the molecule is CCCCCCCOc1ccc(C(=O)Oc2ccc(C[C@H](NC(=O)c3ccc(Cl)cc3Cl)C(=O)O)cc2)cc1. The molecule has 0 bridgehead atoms. The van der Waals surface area contributed by atoms with Crippen LogP contribution in [0.1, 0.15) is 65.3 Å². The van der Waals surface area contributed by atoms with Gasteiger partial charge in [0.25, 0.3) is 5.91 Å². The second-order valence-electron chi connectivity index (χ2n) is 9.01. The van der Waals surface area contributed by atoms with Crippen molar-refractivity contribution in [3.8, 4) is 11.5 Å². The van der Waals surface area contributed by atoms with Crippen molar-refractivity contribution >= 4 is 41.0 Å². The number of carbonyl (C=O) groups is 3. The number of amides is 1. The lowest BCUT2D eigenvalue weighted by molar-refractivity contribution is -0.139. The molecule has 7 nitrogen and oxygen atoms in total. The van der Waals surface area contributed by atoms with Gasteiger partial charge in [-0.2, -0.15) is 0 Å². The van der Waals surface area contributed by atoms with Gasteiger partial charge in [-0.15, -0.1) is 0 Å². The Morgan fingerprint density at radius 3 is 2.18 bits per heavy atom. The molecule has 3 rings (SSSR count). The number of carbonyl (C=O) groups excluding carboxylic acids is 2. The lowest BCUT2D eigenvalue weighted by Crippen LogP contribution is -2.42. The van der Waals surface area contributed by atoms with Crippen molar-refractivity contribution in [2.75, 3.05) is 6.61 Å². The highest BCUT2D eigenvalue weighted by Crippen LogP contribution is 2.22. The normalized spacial score (nSPS) is 11.5. The second kappa shape index (κ2) is 15.1. The Hall–Kier alpha value is -3.55. The van der Waals surface area contributed by atoms with Gasteiger partial charge in [0, 0.05) is 11.4 Å². The molecule has 0 spiro atoms. The van der Waals surface area contributed by atoms with Gasteiger partial charge in [0.05, 0.1) is 22.8 Å². The Morgan fingerprint density at radius 2 is 1.54 bits per heavy atom. The number of rotatable bonds is 14. The van der Waals surface area contributed by atoms with E-state index in [0.29, 0.717) is 34.3 Å². The Labute approximate surface area is 238 Å². The van der Waals surface area contributed by atoms with Gasteiger partial charge in [-0.3, -0.25) is 4.79 Å². The predicted octanol–water partition coefficient (Wildman–Crippen LogP) is 6.99. The van der Waals surface area contributed by atoms with Crippen LogP contribution >= 0.6 is 23.2 Å². The number of halogens is 2. The smallest absolute Gasteiger partial charge is 0.343 e. The molecule has 0 aliphatic rings. The number of benzene rings is 3. The Bertz CT molecular complexity index is 1260. The lowest BCUT2D eigenvalue weighted by Gasteiger charge is -2.15. The first-order valence-corrected chi connectivity index (χ1v) is 13.5. The molecule has 9 heteroatoms. The maximum absolute atomic E-state index is 12.5. The van der Waals surface area contributed by atoms with Crippen molar-refractivity contribution in [2.45, 2.75) is 51.5 Å². The molecule has 0 radical (unpaired) electrons. The van der Waals surface area contributed by atoms with Crippen LogP contribution in [0.3, 0.4) is 0 Å². The maximum Gasteiger partial charge on any atom is 0.343 e. The number of carboxylic acid groups (broad SMARTS) is 1. The highest BCUT2D eigenvalue weighted by molar-refractivity contribution is 6.36. The monoisotopic (exact) mass is 571 g/mol. The molecule has 0 aliphatic carbocycles. The minimum Gasteiger partial charge on any atom is -0.494 e. The number of aliphatic carboxylic acids is 1. The van der Waals surface area contributed by atoms with Gasteiger partial charge in [0.15, 0.2) is 0 Å². The van der Waals surface area contributed by atoms with Crippen LogP contribution in [-0.2, 0) is 11.2 Å². The summed E-state index contributed by atoms with van der Waals surface area (Å²) < 4.78 is 11.2. The summed E-state index contributed by atoms with van der Waals surface area (Å²) in [7, 11) is 0. The molecule has 0 aliphatic heterocycles. The largest absolute Gasteiger partial charge is 0.494 e. The molecule has 206 valence electrons. The van der Waals surface area contributed by atoms with Crippen molar-refractivity contribution in [3.63, 3.8) is 0 Å². The lowest BCUT2D eigenvalue weighted by atomic mass is 10.1. The summed E-state index contributed by atoms with van der Waals surface area (Å²) in [6.45, 7) is 2.82. The first-order chi connectivity index (χ1) is 18.8. The molecule has 3 aromatic rings. The van der Waals surface area contributed by atoms with Crippen LogP contribution in [0.25, 0.3) is 0 Å². The van der Waals surface area contributed by atoms with Crippen molar-refractivity contribution in [3.05, 3.63) is 93.5 Å². The predicted molar refractivity (Wildman–Crippen MR) is 151 cm³/mol. The van der Waals surface area contributed by atoms with E-state index in [1.807, 2.05) is 0 Å². The van der Waals surface area contributed by atoms with E-state index < -0.39 is 23.9 Å². The molecule has 0 unspecified atom stereocenters. The minimum absolute atomic E-state index is 0.0145. The van der Waals surface area contributed by atoms with Crippen LogP contribution < -0.4 is 14.8 Å². The summed E-state index contributed by atoms with van der Waals surface area (Å²) in [4.78, 5) is 36.8. The van der Waals surface area contributed by atoms with Crippen LogP contribution in [0.4, 0.5) is 0 Å². The summed E-state index contributed by atoms with van der Waals surface area (Å²) in [5.41, 5.74) is 1.13. The molecule has 0 saturated heterocycles. The summed E-state index contributed by atoms with van der Waals surface area (Å²) >= 11 is 11.9. The van der Waals surface area contributed by atoms with E-state index in [2.05, 4.69) is 12.2 Å². The molecule has 2 N–H and O–H groups in total. The highest BCUT2D eigenvalue weighted by atomic mass is 35.5. The summed E-state index contributed by atoms with van der Waals surface area (Å²) in [5, 5.41) is 12.6. The van der Waals surface area contributed by atoms with Crippen LogP contribution in [0.2, 0.25) is 10.0 Å². The zero-order chi connectivity index (χ0) is 28.2. The second-order valence-corrected chi connectivity index (χ2v) is 9.86. The number of esters is 1. The van der Waals surface area contributed by atoms with E-state index >= 15 is 0 Å². The fourth-order valence-corrected chi connectivity index (χ4v) is 4.28. The van der Waals surface area contributed by atoms with Gasteiger partial charge in [-0.25, -0.2) is 9.59 Å². The van der Waals surface area contributed by atoms with Gasteiger partial charge in [-0.05, 0) is 66.6 Å². The quantitative estimate of drug-likeness (QED) is 0.123. The molecule has 0 saturated carbocycles. The van der Waals surface area contributed by atoms with E-state index in [-0.39, 0.29) is 17.0 Å². The van der Waals surface area contributed by atoms with E-state index in [4.69, 9.17) is 32.7 Å². The third-order valence-corrected chi connectivity index (χ3v) is 6.51. The zero-order valence-corrected chi connectivity index (χ0v) is 23.1. The molecule has 39 heavy (non-hydrogen) atoms. The molecule has 0 heterocycles. The Morgan fingerprint density at radius 1 is 0.872 bits per heavy atom. The summed E-state index contributed by atoms with van der Waals surface area (Å²) in [6, 6.07) is 16.3. The van der Waals surface area contributed by atoms with Crippen LogP contribution in [0.5, 0.6) is 11.5 Å². The van der Waals surface area contributed by atoms with Gasteiger partial charge < -0.3 is 19.9 Å². The average molecular weight is 572 g/mol. The number of ether oxygens (including phenoxy) is 2. The van der Waals surface area contributed by atoms with Crippen molar-refractivity contribution in [2.24, 2.45) is 0 Å². The first kappa shape index (κ1) is 30.0. The molecule has 1 atom stereocenters. The summed E-state index contributed by atoms with van der Waals surface area (Å²) in [5.74, 6) is -1.35. The standard InChI is InChI=1S/C30H31Cl2NO6/c1-2-3-4-5-6-17-38-23-14-9-21(10-15-23)30(37)39-24-12-7-20(8-13-24)18-27(29(35)36)33-28(34)25-16-11-22(31)19-26(25)32/h7-16,19,27H,2-6,17-18H2,1H3,(H,33,34)(H,35,36)/t27-/m0/s1. The van der Waals surface area contributed by atoms with E-state index in [1.165, 1.54) is 37.5 Å². The number of carboxylic acids is 1. The third kappa shape index (κ3) is 9.61. The molecule has 3 aromatic carbocycles. The molecule has 0 aromatic heterocycles. The van der Waals surface area contributed by atoms with Crippen molar-refractivity contribution in [1.82, 2.24) is 5.32 Å². The number of unbranched alkanes of at least 4 members (excludes halogenated alkanes) is 4. The number of hydrogen-bond acceptors (Lipinski definition) is 5. The van der Waals surface area contributed by atoms with Crippen molar-refractivity contribution in [1.29, 1.82) is 0 Å². The number of hydrogen-bond donors (Lipinski definition) is 2. The molecule has 0 fully saturated rings. The van der Waals surface area contributed by atoms with Gasteiger partial charge in [-0.1, -0.05) is 67.9 Å². The Kier molecular flexibility index (Phi) is 11.6. The van der Waals surface area contributed by atoms with E-state index in [1.54, 1.807) is 48.5 Å². The first-order valence-electron chi connectivity index (χ1n) is 12.8. The van der Waals surface area contributed by atoms with E-state index in [0.717, 1.165) is 12.8 Å². The van der Waals surface area contributed by atoms with Crippen LogP contribution in [-0.4, -0.2) is 35.6 Å². The fraction of sp³-hybridized carbons (Fsp3) is 0.300. The fourth-order valence-electron chi connectivity index (χ4n) is 3.79. The maximum atomic E-state index is 12.5. The molecular weight excluding hydrogens is 541 g/mol. The topological polar surface area (TPSA) is 102 Å². The summed E-state index contributed by atoms with van der Waals surface area (Å²) in [6.07, 6.45) is 5.80. The molecular formula is C30H31Cl2NO6. The highest BCUT2D eigenvalue weighted by Gasteiger charge is 2.22. The third-order valence-electron chi connectivity index (χ3n) is 5.96.